The second kappa shape index (κ2) is 7.16. The highest BCUT2D eigenvalue weighted by atomic mass is 35.5. The monoisotopic (exact) mass is 299 g/mol. The normalized spacial score (nSPS) is 17.9. The van der Waals surface area contributed by atoms with Crippen molar-refractivity contribution in [2.75, 3.05) is 32.8 Å². The van der Waals surface area contributed by atoms with Crippen LogP contribution in [0.3, 0.4) is 0 Å². The molecule has 1 aromatic carbocycles. The molecule has 0 N–H and O–H groups in total. The number of nitrogens with zero attached hydrogens (tertiary/aromatic N) is 1. The van der Waals surface area contributed by atoms with Gasteiger partial charge in [-0.15, -0.1) is 0 Å². The quantitative estimate of drug-likeness (QED) is 0.837. The number of ether oxygens (including phenoxy) is 1. The lowest BCUT2D eigenvalue weighted by atomic mass is 9.92. The van der Waals surface area contributed by atoms with Crippen LogP contribution in [0.25, 0.3) is 0 Å². The highest BCUT2D eigenvalue weighted by Gasteiger charge is 2.24. The van der Waals surface area contributed by atoms with Crippen LogP contribution in [0.5, 0.6) is 0 Å². The number of carbonyl (C=O) groups is 1. The van der Waals surface area contributed by atoms with Crippen molar-refractivity contribution in [3.63, 3.8) is 0 Å². The maximum absolute atomic E-state index is 13.6. The molecule has 0 aromatic heterocycles. The van der Waals surface area contributed by atoms with Gasteiger partial charge >= 0.3 is 0 Å². The summed E-state index contributed by atoms with van der Waals surface area (Å²) >= 11 is 5.70. The molecule has 1 aliphatic rings. The summed E-state index contributed by atoms with van der Waals surface area (Å²) in [4.78, 5) is 14.4. The predicted octanol–water partition coefficient (Wildman–Crippen LogP) is 2.87. The van der Waals surface area contributed by atoms with Gasteiger partial charge in [0.05, 0.1) is 24.2 Å². The summed E-state index contributed by atoms with van der Waals surface area (Å²) in [5, 5.41) is 0.0859. The molecule has 5 heteroatoms. The van der Waals surface area contributed by atoms with E-state index in [9.17, 15) is 9.18 Å². The number of benzene rings is 1. The van der Waals surface area contributed by atoms with Crippen LogP contribution in [0.1, 0.15) is 24.8 Å². The van der Waals surface area contributed by atoms with Gasteiger partial charge in [-0.25, -0.2) is 4.39 Å². The highest BCUT2D eigenvalue weighted by molar-refractivity contribution is 6.30. The molecule has 0 unspecified atom stereocenters. The fourth-order valence-electron chi connectivity index (χ4n) is 2.41. The predicted molar refractivity (Wildman–Crippen MR) is 76.7 cm³/mol. The van der Waals surface area contributed by atoms with Gasteiger partial charge in [-0.2, -0.15) is 0 Å². The molecule has 0 saturated carbocycles. The third-order valence-corrected chi connectivity index (χ3v) is 3.93. The van der Waals surface area contributed by atoms with Crippen LogP contribution < -0.4 is 0 Å². The Labute approximate surface area is 123 Å². The third-order valence-electron chi connectivity index (χ3n) is 3.63. The summed E-state index contributed by atoms with van der Waals surface area (Å²) in [6.45, 7) is 5.43. The van der Waals surface area contributed by atoms with E-state index in [-0.39, 0.29) is 16.7 Å². The second-order valence-electron chi connectivity index (χ2n) is 4.96. The SMILES string of the molecule is CCC(=O)[C@@H](CN1CCOCC1)c1ccc(Cl)c(F)c1. The van der Waals surface area contributed by atoms with Crippen molar-refractivity contribution in [1.82, 2.24) is 4.90 Å². The van der Waals surface area contributed by atoms with Crippen molar-refractivity contribution >= 4 is 17.4 Å². The van der Waals surface area contributed by atoms with Crippen LogP contribution in [0.2, 0.25) is 5.02 Å². The van der Waals surface area contributed by atoms with Crippen molar-refractivity contribution in [2.45, 2.75) is 19.3 Å². The first-order valence-electron chi connectivity index (χ1n) is 6.89. The molecule has 20 heavy (non-hydrogen) atoms. The fraction of sp³-hybridized carbons (Fsp3) is 0.533. The molecule has 0 aliphatic carbocycles. The summed E-state index contributed by atoms with van der Waals surface area (Å²) in [6, 6.07) is 4.63. The zero-order valence-corrected chi connectivity index (χ0v) is 12.3. The first kappa shape index (κ1) is 15.4. The van der Waals surface area contributed by atoms with Gasteiger partial charge in [0.2, 0.25) is 0 Å². The molecular formula is C15H19ClFNO2. The second-order valence-corrected chi connectivity index (χ2v) is 5.37. The minimum Gasteiger partial charge on any atom is -0.379 e. The molecule has 1 saturated heterocycles. The Bertz CT molecular complexity index is 475. The lowest BCUT2D eigenvalue weighted by Crippen LogP contribution is -2.40. The van der Waals surface area contributed by atoms with Crippen molar-refractivity contribution in [1.29, 1.82) is 0 Å². The minimum atomic E-state index is -0.472. The standard InChI is InChI=1S/C15H19ClFNO2/c1-2-15(19)12(10-18-5-7-20-8-6-18)11-3-4-13(16)14(17)9-11/h3-4,9,12H,2,5-8,10H2,1H3/t12-/m0/s1. The van der Waals surface area contributed by atoms with Gasteiger partial charge in [0.15, 0.2) is 0 Å². The number of Topliss-reactive ketones (excluding diaryl/α,β-unsaturated/α-hetero) is 1. The van der Waals surface area contributed by atoms with Crippen molar-refractivity contribution in [2.24, 2.45) is 0 Å². The summed E-state index contributed by atoms with van der Waals surface area (Å²) < 4.78 is 18.9. The molecule has 1 atom stereocenters. The topological polar surface area (TPSA) is 29.5 Å². The summed E-state index contributed by atoms with van der Waals surface area (Å²) in [6.07, 6.45) is 0.444. The molecule has 110 valence electrons. The van der Waals surface area contributed by atoms with E-state index in [1.807, 2.05) is 6.92 Å². The number of hydrogen-bond acceptors (Lipinski definition) is 3. The van der Waals surface area contributed by atoms with Crippen LogP contribution in [-0.4, -0.2) is 43.5 Å². The molecule has 0 bridgehead atoms. The van der Waals surface area contributed by atoms with E-state index in [2.05, 4.69) is 4.90 Å². The van der Waals surface area contributed by atoms with Gasteiger partial charge in [0, 0.05) is 26.1 Å². The molecule has 1 heterocycles. The Hall–Kier alpha value is -0.970. The highest BCUT2D eigenvalue weighted by Crippen LogP contribution is 2.24. The van der Waals surface area contributed by atoms with E-state index in [1.54, 1.807) is 6.07 Å². The molecule has 0 radical (unpaired) electrons. The number of halogens is 2. The third kappa shape index (κ3) is 3.78. The Morgan fingerprint density at radius 3 is 2.75 bits per heavy atom. The fourth-order valence-corrected chi connectivity index (χ4v) is 2.53. The maximum Gasteiger partial charge on any atom is 0.142 e. The average Bonchev–Trinajstić information content (AvgIpc) is 2.48. The van der Waals surface area contributed by atoms with Crippen LogP contribution in [0.4, 0.5) is 4.39 Å². The summed E-state index contributed by atoms with van der Waals surface area (Å²) in [5.74, 6) is -0.650. The van der Waals surface area contributed by atoms with E-state index >= 15 is 0 Å². The summed E-state index contributed by atoms with van der Waals surface area (Å²) in [5.41, 5.74) is 0.699. The van der Waals surface area contributed by atoms with Crippen LogP contribution in [-0.2, 0) is 9.53 Å². The Kier molecular flexibility index (Phi) is 5.52. The van der Waals surface area contributed by atoms with E-state index in [1.165, 1.54) is 12.1 Å². The number of morpholine rings is 1. The largest absolute Gasteiger partial charge is 0.379 e. The molecular weight excluding hydrogens is 281 g/mol. The van der Waals surface area contributed by atoms with Crippen molar-refractivity contribution < 1.29 is 13.9 Å². The molecule has 3 nitrogen and oxygen atoms in total. The van der Waals surface area contributed by atoms with Gasteiger partial charge in [0.25, 0.3) is 0 Å². The van der Waals surface area contributed by atoms with Gasteiger partial charge < -0.3 is 4.74 Å². The molecule has 0 amide bonds. The van der Waals surface area contributed by atoms with Crippen LogP contribution >= 0.6 is 11.6 Å². The number of hydrogen-bond donors (Lipinski definition) is 0. The van der Waals surface area contributed by atoms with Gasteiger partial charge in [-0.3, -0.25) is 9.69 Å². The van der Waals surface area contributed by atoms with Gasteiger partial charge in [-0.1, -0.05) is 24.6 Å². The lowest BCUT2D eigenvalue weighted by Gasteiger charge is -2.30. The smallest absolute Gasteiger partial charge is 0.142 e. The van der Waals surface area contributed by atoms with Gasteiger partial charge in [-0.05, 0) is 17.7 Å². The molecule has 0 spiro atoms. The van der Waals surface area contributed by atoms with E-state index in [0.717, 1.165) is 13.1 Å². The first-order chi connectivity index (χ1) is 9.61. The molecule has 1 aromatic rings. The molecule has 1 fully saturated rings. The van der Waals surface area contributed by atoms with Crippen LogP contribution in [0, 0.1) is 5.82 Å². The Morgan fingerprint density at radius 1 is 1.45 bits per heavy atom. The van der Waals surface area contributed by atoms with E-state index in [0.29, 0.717) is 31.7 Å². The maximum atomic E-state index is 13.6. The number of carbonyl (C=O) groups excluding carboxylic acids is 1. The van der Waals surface area contributed by atoms with Crippen molar-refractivity contribution in [3.05, 3.63) is 34.6 Å². The van der Waals surface area contributed by atoms with E-state index in [4.69, 9.17) is 16.3 Å². The zero-order chi connectivity index (χ0) is 14.5. The van der Waals surface area contributed by atoms with E-state index < -0.39 is 5.82 Å². The molecule has 1 aliphatic heterocycles. The Morgan fingerprint density at radius 2 is 2.15 bits per heavy atom. The Balaban J connectivity index is 2.17. The molecule has 2 rings (SSSR count). The number of rotatable bonds is 5. The number of ketones is 1. The van der Waals surface area contributed by atoms with Crippen LogP contribution in [0.15, 0.2) is 18.2 Å². The minimum absolute atomic E-state index is 0.0859. The van der Waals surface area contributed by atoms with Crippen molar-refractivity contribution in [3.8, 4) is 0 Å². The van der Waals surface area contributed by atoms with Gasteiger partial charge in [0.1, 0.15) is 11.6 Å². The first-order valence-corrected chi connectivity index (χ1v) is 7.27. The average molecular weight is 300 g/mol. The summed E-state index contributed by atoms with van der Waals surface area (Å²) in [7, 11) is 0. The zero-order valence-electron chi connectivity index (χ0n) is 11.6. The lowest BCUT2D eigenvalue weighted by molar-refractivity contribution is -0.121.